The van der Waals surface area contributed by atoms with E-state index in [-0.39, 0.29) is 22.9 Å². The first-order chi connectivity index (χ1) is 14.7. The van der Waals surface area contributed by atoms with Gasteiger partial charge in [-0.25, -0.2) is 4.79 Å². The molecular weight excluding hydrogens is 409 g/mol. The molecule has 3 aliphatic heterocycles. The van der Waals surface area contributed by atoms with Gasteiger partial charge < -0.3 is 15.1 Å². The molecule has 31 heavy (non-hydrogen) atoms. The minimum absolute atomic E-state index is 0.0773. The number of likely N-dealkylation sites (tertiary alicyclic amines) is 2. The highest BCUT2D eigenvalue weighted by Crippen LogP contribution is 2.47. The maximum atomic E-state index is 12.7. The van der Waals surface area contributed by atoms with Crippen molar-refractivity contribution in [1.29, 1.82) is 0 Å². The molecule has 0 unspecified atom stereocenters. The van der Waals surface area contributed by atoms with Gasteiger partial charge in [-0.1, -0.05) is 0 Å². The predicted molar refractivity (Wildman–Crippen MR) is 106 cm³/mol. The molecule has 1 saturated carbocycles. The largest absolute Gasteiger partial charge is 0.417 e. The maximum absolute atomic E-state index is 12.7. The molecular formula is C22H27F3N4O2. The lowest BCUT2D eigenvalue weighted by Gasteiger charge is -2.57. The molecule has 1 aromatic rings. The number of nitrogens with one attached hydrogen (secondary N) is 1. The summed E-state index contributed by atoms with van der Waals surface area (Å²) in [7, 11) is 0. The average molecular weight is 436 g/mol. The van der Waals surface area contributed by atoms with E-state index in [1.807, 2.05) is 9.80 Å². The van der Waals surface area contributed by atoms with Crippen molar-refractivity contribution in [1.82, 2.24) is 20.1 Å². The molecule has 4 aliphatic rings. The summed E-state index contributed by atoms with van der Waals surface area (Å²) in [5.74, 6) is 0.513. The lowest BCUT2D eigenvalue weighted by atomic mass is 9.65. The number of halogens is 3. The second kappa shape index (κ2) is 7.10. The van der Waals surface area contributed by atoms with Gasteiger partial charge in [-0.2, -0.15) is 13.2 Å². The molecule has 1 aromatic heterocycles. The Bertz CT molecular complexity index is 864. The number of carbonyl (C=O) groups excluding carboxylic acids is 2. The number of amides is 3. The molecule has 4 heterocycles. The maximum Gasteiger partial charge on any atom is 0.417 e. The van der Waals surface area contributed by atoms with Crippen LogP contribution in [0.3, 0.4) is 0 Å². The number of alkyl halides is 3. The zero-order valence-electron chi connectivity index (χ0n) is 17.4. The Morgan fingerprint density at radius 3 is 2.32 bits per heavy atom. The standard InChI is InChI=1S/C22H27F3N4O2/c23-22(24,25)16-1-2-17(26-10-16)9-15-3-6-20(7-4-15)11-28(12-20)19(31)29-13-21(14-29)8-5-18(30)27-21/h1-2,10,15H,3-9,11-14H2,(H,27,30). The Kier molecular flexibility index (Phi) is 4.71. The molecule has 0 atom stereocenters. The van der Waals surface area contributed by atoms with E-state index in [9.17, 15) is 22.8 Å². The lowest BCUT2D eigenvalue weighted by Crippen LogP contribution is -2.72. The molecule has 3 saturated heterocycles. The molecule has 0 aromatic carbocycles. The van der Waals surface area contributed by atoms with Crippen LogP contribution < -0.4 is 5.32 Å². The molecule has 4 fully saturated rings. The summed E-state index contributed by atoms with van der Waals surface area (Å²) < 4.78 is 38.0. The highest BCUT2D eigenvalue weighted by atomic mass is 19.4. The summed E-state index contributed by atoms with van der Waals surface area (Å²) in [5.41, 5.74) is 0.0235. The number of urea groups is 1. The Hall–Kier alpha value is -2.32. The van der Waals surface area contributed by atoms with E-state index >= 15 is 0 Å². The number of hydrogen-bond donors (Lipinski definition) is 1. The van der Waals surface area contributed by atoms with Gasteiger partial charge in [-0.3, -0.25) is 9.78 Å². The van der Waals surface area contributed by atoms with Crippen LogP contribution in [0.5, 0.6) is 0 Å². The van der Waals surface area contributed by atoms with Crippen LogP contribution >= 0.6 is 0 Å². The van der Waals surface area contributed by atoms with Gasteiger partial charge in [0, 0.05) is 49.9 Å². The second-order valence-corrected chi connectivity index (χ2v) is 10.0. The Labute approximate surface area is 179 Å². The van der Waals surface area contributed by atoms with E-state index in [1.54, 1.807) is 0 Å². The first kappa shape index (κ1) is 20.6. The van der Waals surface area contributed by atoms with Crippen LogP contribution in [0.4, 0.5) is 18.0 Å². The number of aromatic nitrogens is 1. The van der Waals surface area contributed by atoms with Gasteiger partial charge in [-0.15, -0.1) is 0 Å². The van der Waals surface area contributed by atoms with Crippen molar-refractivity contribution in [2.45, 2.75) is 56.7 Å². The van der Waals surface area contributed by atoms with Crippen molar-refractivity contribution in [3.63, 3.8) is 0 Å². The highest BCUT2D eigenvalue weighted by molar-refractivity contribution is 5.82. The quantitative estimate of drug-likeness (QED) is 0.774. The van der Waals surface area contributed by atoms with Crippen LogP contribution in [-0.4, -0.2) is 58.4 Å². The van der Waals surface area contributed by atoms with Gasteiger partial charge in [0.15, 0.2) is 0 Å². The number of nitrogens with zero attached hydrogens (tertiary/aromatic N) is 3. The Balaban J connectivity index is 1.06. The summed E-state index contributed by atoms with van der Waals surface area (Å²) in [6.45, 7) is 2.80. The molecule has 0 bridgehead atoms. The highest BCUT2D eigenvalue weighted by Gasteiger charge is 2.53. The van der Waals surface area contributed by atoms with Crippen LogP contribution in [0.25, 0.3) is 0 Å². The fraction of sp³-hybridized carbons (Fsp3) is 0.682. The SMILES string of the molecule is O=C1CCC2(CN(C(=O)N3CC4(CCC(Cc5ccc(C(F)(F)F)cn5)CC4)C3)C2)N1. The van der Waals surface area contributed by atoms with Gasteiger partial charge in [0.25, 0.3) is 0 Å². The number of pyridine rings is 1. The van der Waals surface area contributed by atoms with Crippen LogP contribution in [0.2, 0.25) is 0 Å². The van der Waals surface area contributed by atoms with Crippen molar-refractivity contribution in [3.05, 3.63) is 29.6 Å². The monoisotopic (exact) mass is 436 g/mol. The fourth-order valence-electron chi connectivity index (χ4n) is 5.75. The van der Waals surface area contributed by atoms with Crippen LogP contribution in [-0.2, 0) is 17.4 Å². The van der Waals surface area contributed by atoms with E-state index in [2.05, 4.69) is 10.3 Å². The summed E-state index contributed by atoms with van der Waals surface area (Å²) in [6, 6.07) is 2.68. The number of carbonyl (C=O) groups is 2. The third kappa shape index (κ3) is 3.87. The molecule has 0 radical (unpaired) electrons. The molecule has 9 heteroatoms. The first-order valence-electron chi connectivity index (χ1n) is 11.0. The van der Waals surface area contributed by atoms with Crippen molar-refractivity contribution in [2.75, 3.05) is 26.2 Å². The van der Waals surface area contributed by atoms with E-state index < -0.39 is 11.7 Å². The second-order valence-electron chi connectivity index (χ2n) is 10.0. The van der Waals surface area contributed by atoms with Gasteiger partial charge in [0.1, 0.15) is 0 Å². The smallest absolute Gasteiger partial charge is 0.347 e. The van der Waals surface area contributed by atoms with Crippen molar-refractivity contribution in [3.8, 4) is 0 Å². The minimum Gasteiger partial charge on any atom is -0.347 e. The molecule has 6 nitrogen and oxygen atoms in total. The summed E-state index contributed by atoms with van der Waals surface area (Å²) >= 11 is 0. The van der Waals surface area contributed by atoms with Gasteiger partial charge in [0.2, 0.25) is 5.91 Å². The topological polar surface area (TPSA) is 65.5 Å². The van der Waals surface area contributed by atoms with Gasteiger partial charge in [0.05, 0.1) is 11.1 Å². The molecule has 1 N–H and O–H groups in total. The molecule has 5 rings (SSSR count). The van der Waals surface area contributed by atoms with Crippen LogP contribution in [0.1, 0.15) is 49.8 Å². The first-order valence-corrected chi connectivity index (χ1v) is 11.0. The zero-order valence-corrected chi connectivity index (χ0v) is 17.4. The van der Waals surface area contributed by atoms with Crippen LogP contribution in [0.15, 0.2) is 18.3 Å². The summed E-state index contributed by atoms with van der Waals surface area (Å²) in [4.78, 5) is 31.9. The zero-order chi connectivity index (χ0) is 21.9. The molecule has 3 amide bonds. The third-order valence-corrected chi connectivity index (χ3v) is 7.63. The van der Waals surface area contributed by atoms with E-state index in [1.165, 1.54) is 6.07 Å². The molecule has 2 spiro atoms. The van der Waals surface area contributed by atoms with E-state index in [4.69, 9.17) is 0 Å². The number of hydrogen-bond acceptors (Lipinski definition) is 3. The van der Waals surface area contributed by atoms with Crippen molar-refractivity contribution in [2.24, 2.45) is 11.3 Å². The number of rotatable bonds is 2. The third-order valence-electron chi connectivity index (χ3n) is 7.63. The van der Waals surface area contributed by atoms with Crippen molar-refractivity contribution >= 4 is 11.9 Å². The molecule has 1 aliphatic carbocycles. The van der Waals surface area contributed by atoms with Gasteiger partial charge in [-0.05, 0) is 56.6 Å². The minimum atomic E-state index is -4.35. The normalized spacial score (nSPS) is 24.8. The van der Waals surface area contributed by atoms with Crippen molar-refractivity contribution < 1.29 is 22.8 Å². The fourth-order valence-corrected chi connectivity index (χ4v) is 5.75. The Morgan fingerprint density at radius 1 is 1.10 bits per heavy atom. The predicted octanol–water partition coefficient (Wildman–Crippen LogP) is 3.22. The molecule has 168 valence electrons. The lowest BCUT2D eigenvalue weighted by molar-refractivity contribution is -0.137. The van der Waals surface area contributed by atoms with Gasteiger partial charge >= 0.3 is 12.2 Å². The van der Waals surface area contributed by atoms with Crippen LogP contribution in [0, 0.1) is 11.3 Å². The van der Waals surface area contributed by atoms with E-state index in [0.29, 0.717) is 37.5 Å². The van der Waals surface area contributed by atoms with E-state index in [0.717, 1.165) is 57.5 Å². The Morgan fingerprint density at radius 2 is 1.77 bits per heavy atom. The average Bonchev–Trinajstić information content (AvgIpc) is 3.07. The summed E-state index contributed by atoms with van der Waals surface area (Å²) in [5, 5.41) is 3.01. The summed E-state index contributed by atoms with van der Waals surface area (Å²) in [6.07, 6.45) is 2.77.